The summed E-state index contributed by atoms with van der Waals surface area (Å²) in [5.74, 6) is 0.665. The van der Waals surface area contributed by atoms with Crippen molar-refractivity contribution in [1.82, 2.24) is 0 Å². The van der Waals surface area contributed by atoms with Crippen LogP contribution in [0.1, 0.15) is 24.8 Å². The molecule has 1 aromatic carbocycles. The Balaban J connectivity index is 2.46. The molecule has 0 spiro atoms. The van der Waals surface area contributed by atoms with E-state index in [0.717, 1.165) is 11.6 Å². The molecule has 2 heteroatoms. The number of anilines is 1. The molecule has 1 atom stereocenters. The summed E-state index contributed by atoms with van der Waals surface area (Å²) in [5, 5.41) is 4.16. The maximum absolute atomic E-state index is 5.88. The molecule has 1 heterocycles. The molecule has 0 bridgehead atoms. The average molecular weight is 182 g/mol. The molecule has 1 nitrogen and oxygen atoms in total. The summed E-state index contributed by atoms with van der Waals surface area (Å²) in [4.78, 5) is 0. The number of hydrogen-bond acceptors (Lipinski definition) is 1. The van der Waals surface area contributed by atoms with Gasteiger partial charge in [0.25, 0.3) is 0 Å². The molecule has 0 aliphatic carbocycles. The molecular formula is C10H12ClN. The highest BCUT2D eigenvalue weighted by molar-refractivity contribution is 6.30. The van der Waals surface area contributed by atoms with Gasteiger partial charge < -0.3 is 5.32 Å². The van der Waals surface area contributed by atoms with Gasteiger partial charge in [-0.15, -0.1) is 0 Å². The molecule has 0 saturated carbocycles. The molecule has 0 aromatic heterocycles. The van der Waals surface area contributed by atoms with E-state index in [-0.39, 0.29) is 0 Å². The van der Waals surface area contributed by atoms with Gasteiger partial charge in [-0.3, -0.25) is 0 Å². The minimum Gasteiger partial charge on any atom is -0.385 e. The summed E-state index contributed by atoms with van der Waals surface area (Å²) in [6.07, 6.45) is 1.22. The molecule has 64 valence electrons. The van der Waals surface area contributed by atoms with Crippen molar-refractivity contribution in [2.24, 2.45) is 0 Å². The van der Waals surface area contributed by atoms with E-state index in [1.54, 1.807) is 0 Å². The maximum atomic E-state index is 5.88. The van der Waals surface area contributed by atoms with Crippen molar-refractivity contribution < 1.29 is 0 Å². The zero-order chi connectivity index (χ0) is 8.55. The fourth-order valence-corrected chi connectivity index (χ4v) is 1.86. The van der Waals surface area contributed by atoms with Gasteiger partial charge in [-0.1, -0.05) is 24.6 Å². The number of rotatable bonds is 0. The summed E-state index contributed by atoms with van der Waals surface area (Å²) >= 11 is 5.88. The normalized spacial score (nSPS) is 21.3. The summed E-state index contributed by atoms with van der Waals surface area (Å²) in [6, 6.07) is 6.09. The van der Waals surface area contributed by atoms with Crippen LogP contribution in [0.15, 0.2) is 18.2 Å². The van der Waals surface area contributed by atoms with Crippen molar-refractivity contribution in [2.45, 2.75) is 19.3 Å². The minimum atomic E-state index is 0.665. The van der Waals surface area contributed by atoms with Crippen LogP contribution in [0.5, 0.6) is 0 Å². The van der Waals surface area contributed by atoms with Gasteiger partial charge in [-0.25, -0.2) is 0 Å². The molecular weight excluding hydrogens is 170 g/mol. The number of fused-ring (bicyclic) bond motifs is 1. The highest BCUT2D eigenvalue weighted by Gasteiger charge is 2.15. The second-order valence-corrected chi connectivity index (χ2v) is 3.78. The molecule has 1 N–H and O–H groups in total. The molecule has 12 heavy (non-hydrogen) atoms. The van der Waals surface area contributed by atoms with Gasteiger partial charge in [0.05, 0.1) is 0 Å². The van der Waals surface area contributed by atoms with Crippen LogP contribution in [0.2, 0.25) is 5.02 Å². The third kappa shape index (κ3) is 1.29. The molecule has 0 fully saturated rings. The van der Waals surface area contributed by atoms with Gasteiger partial charge in [0, 0.05) is 17.3 Å². The lowest BCUT2D eigenvalue weighted by Crippen LogP contribution is -2.14. The lowest BCUT2D eigenvalue weighted by Gasteiger charge is -2.23. The number of benzene rings is 1. The molecule has 2 rings (SSSR count). The van der Waals surface area contributed by atoms with Crippen molar-refractivity contribution >= 4 is 17.3 Å². The fourth-order valence-electron chi connectivity index (χ4n) is 1.69. The van der Waals surface area contributed by atoms with Crippen LogP contribution in [-0.4, -0.2) is 6.54 Å². The van der Waals surface area contributed by atoms with E-state index >= 15 is 0 Å². The van der Waals surface area contributed by atoms with Crippen LogP contribution in [0.25, 0.3) is 0 Å². The average Bonchev–Trinajstić information content (AvgIpc) is 2.04. The van der Waals surface area contributed by atoms with Crippen molar-refractivity contribution in [3.05, 3.63) is 28.8 Å². The van der Waals surface area contributed by atoms with Crippen LogP contribution in [0.3, 0.4) is 0 Å². The third-order valence-electron chi connectivity index (χ3n) is 2.44. The van der Waals surface area contributed by atoms with E-state index in [1.165, 1.54) is 17.7 Å². The molecule has 1 aliphatic rings. The van der Waals surface area contributed by atoms with Gasteiger partial charge in [0.1, 0.15) is 0 Å². The molecule has 0 radical (unpaired) electrons. The molecule has 1 aromatic rings. The molecule has 0 saturated heterocycles. The number of hydrogen-bond donors (Lipinski definition) is 1. The summed E-state index contributed by atoms with van der Waals surface area (Å²) < 4.78 is 0. The second-order valence-electron chi connectivity index (χ2n) is 3.35. The van der Waals surface area contributed by atoms with Crippen molar-refractivity contribution in [2.75, 3.05) is 11.9 Å². The first-order chi connectivity index (χ1) is 5.77. The van der Waals surface area contributed by atoms with E-state index in [9.17, 15) is 0 Å². The Bertz CT molecular complexity index is 296. The molecule has 0 unspecified atom stereocenters. The van der Waals surface area contributed by atoms with Gasteiger partial charge in [-0.2, -0.15) is 0 Å². The van der Waals surface area contributed by atoms with Crippen LogP contribution < -0.4 is 5.32 Å². The largest absolute Gasteiger partial charge is 0.385 e. The Morgan fingerprint density at radius 3 is 3.17 bits per heavy atom. The van der Waals surface area contributed by atoms with Crippen molar-refractivity contribution in [3.8, 4) is 0 Å². The van der Waals surface area contributed by atoms with Gasteiger partial charge in [0.15, 0.2) is 0 Å². The van der Waals surface area contributed by atoms with E-state index in [1.807, 2.05) is 12.1 Å². The molecule has 0 amide bonds. The Hall–Kier alpha value is -0.690. The summed E-state index contributed by atoms with van der Waals surface area (Å²) in [7, 11) is 0. The maximum Gasteiger partial charge on any atom is 0.0426 e. The van der Waals surface area contributed by atoms with Crippen LogP contribution in [-0.2, 0) is 0 Å². The van der Waals surface area contributed by atoms with Crippen molar-refractivity contribution in [3.63, 3.8) is 0 Å². The fraction of sp³-hybridized carbons (Fsp3) is 0.400. The monoisotopic (exact) mass is 181 g/mol. The number of nitrogens with one attached hydrogen (secondary N) is 1. The zero-order valence-corrected chi connectivity index (χ0v) is 7.86. The van der Waals surface area contributed by atoms with E-state index in [4.69, 9.17) is 11.6 Å². The topological polar surface area (TPSA) is 12.0 Å². The Morgan fingerprint density at radius 2 is 2.33 bits per heavy atom. The first-order valence-corrected chi connectivity index (χ1v) is 4.68. The lowest BCUT2D eigenvalue weighted by atomic mass is 9.93. The highest BCUT2D eigenvalue weighted by Crippen LogP contribution is 2.32. The molecule has 1 aliphatic heterocycles. The predicted octanol–water partition coefficient (Wildman–Crippen LogP) is 3.26. The first-order valence-electron chi connectivity index (χ1n) is 4.30. The van der Waals surface area contributed by atoms with Crippen LogP contribution >= 0.6 is 11.6 Å². The summed E-state index contributed by atoms with van der Waals surface area (Å²) in [6.45, 7) is 3.32. The van der Waals surface area contributed by atoms with Gasteiger partial charge >= 0.3 is 0 Å². The lowest BCUT2D eigenvalue weighted by molar-refractivity contribution is 0.684. The minimum absolute atomic E-state index is 0.665. The quantitative estimate of drug-likeness (QED) is 0.648. The number of halogens is 1. The Kier molecular flexibility index (Phi) is 1.97. The first kappa shape index (κ1) is 7.93. The van der Waals surface area contributed by atoms with Crippen LogP contribution in [0, 0.1) is 0 Å². The van der Waals surface area contributed by atoms with Gasteiger partial charge in [-0.05, 0) is 30.0 Å². The highest BCUT2D eigenvalue weighted by atomic mass is 35.5. The SMILES string of the molecule is C[C@H]1CCNc2cc(Cl)ccc21. The van der Waals surface area contributed by atoms with Crippen molar-refractivity contribution in [1.29, 1.82) is 0 Å². The van der Waals surface area contributed by atoms with E-state index < -0.39 is 0 Å². The standard InChI is InChI=1S/C10H12ClN/c1-7-4-5-12-10-6-8(11)2-3-9(7)10/h2-3,6-7,12H,4-5H2,1H3/t7-/m0/s1. The predicted molar refractivity (Wildman–Crippen MR) is 53.0 cm³/mol. The third-order valence-corrected chi connectivity index (χ3v) is 2.67. The summed E-state index contributed by atoms with van der Waals surface area (Å²) in [5.41, 5.74) is 2.60. The Labute approximate surface area is 77.7 Å². The second kappa shape index (κ2) is 2.98. The van der Waals surface area contributed by atoms with E-state index in [2.05, 4.69) is 18.3 Å². The van der Waals surface area contributed by atoms with E-state index in [0.29, 0.717) is 5.92 Å². The zero-order valence-electron chi connectivity index (χ0n) is 7.10. The Morgan fingerprint density at radius 1 is 1.50 bits per heavy atom. The smallest absolute Gasteiger partial charge is 0.0426 e. The van der Waals surface area contributed by atoms with Gasteiger partial charge in [0.2, 0.25) is 0 Å². The van der Waals surface area contributed by atoms with Crippen LogP contribution in [0.4, 0.5) is 5.69 Å².